The van der Waals surface area contributed by atoms with E-state index in [2.05, 4.69) is 14.9 Å². The van der Waals surface area contributed by atoms with Crippen LogP contribution in [0.4, 0.5) is 0 Å². The molecule has 0 fully saturated rings. The van der Waals surface area contributed by atoms with E-state index in [-0.39, 0.29) is 18.1 Å². The second-order valence-corrected chi connectivity index (χ2v) is 10.4. The second kappa shape index (κ2) is 10.2. The molecular formula is C19H21N3O5S3. The monoisotopic (exact) mass is 467 g/mol. The van der Waals surface area contributed by atoms with E-state index in [1.54, 1.807) is 6.07 Å². The molecule has 0 saturated heterocycles. The molecule has 1 aromatic carbocycles. The first-order chi connectivity index (χ1) is 14.3. The number of hydrogen-bond acceptors (Lipinski definition) is 9. The Kier molecular flexibility index (Phi) is 7.64. The zero-order valence-electron chi connectivity index (χ0n) is 16.5. The number of carbonyl (C=O) groups excluding carboxylic acids is 1. The summed E-state index contributed by atoms with van der Waals surface area (Å²) in [4.78, 5) is 13.9. The maximum absolute atomic E-state index is 12.4. The van der Waals surface area contributed by atoms with Gasteiger partial charge in [-0.2, -0.15) is 0 Å². The molecule has 2 aromatic heterocycles. The lowest BCUT2D eigenvalue weighted by Crippen LogP contribution is -2.23. The highest BCUT2D eigenvalue weighted by Crippen LogP contribution is 2.23. The van der Waals surface area contributed by atoms with E-state index in [0.29, 0.717) is 29.0 Å². The number of nitrogens with one attached hydrogen (secondary N) is 1. The minimum absolute atomic E-state index is 0.0527. The van der Waals surface area contributed by atoms with Crippen molar-refractivity contribution in [1.82, 2.24) is 14.9 Å². The average molecular weight is 468 g/mol. The molecule has 0 spiro atoms. The number of rotatable bonds is 11. The van der Waals surface area contributed by atoms with Gasteiger partial charge in [0.25, 0.3) is 11.1 Å². The number of benzene rings is 1. The standard InChI is InChI=1S/C19H21N3O5S3/c1-13-4-3-5-14(10-13)26-11-18-21-22-19(27-18)28-12-16(23)17-7-6-15(29-17)8-9-20-30(2,24)25/h3-7,10,20H,8-9,11-12H2,1-2H3. The van der Waals surface area contributed by atoms with Crippen molar-refractivity contribution in [2.75, 3.05) is 18.6 Å². The summed E-state index contributed by atoms with van der Waals surface area (Å²) in [6.07, 6.45) is 1.65. The lowest BCUT2D eigenvalue weighted by molar-refractivity contribution is 0.102. The minimum Gasteiger partial charge on any atom is -0.484 e. The molecule has 0 aliphatic rings. The van der Waals surface area contributed by atoms with E-state index in [1.165, 1.54) is 23.1 Å². The van der Waals surface area contributed by atoms with Gasteiger partial charge in [0.15, 0.2) is 12.4 Å². The molecule has 30 heavy (non-hydrogen) atoms. The fourth-order valence-corrected chi connectivity index (χ4v) is 4.60. The van der Waals surface area contributed by atoms with Gasteiger partial charge in [-0.1, -0.05) is 23.9 Å². The van der Waals surface area contributed by atoms with E-state index in [9.17, 15) is 13.2 Å². The number of carbonyl (C=O) groups is 1. The third kappa shape index (κ3) is 7.24. The number of thioether (sulfide) groups is 1. The van der Waals surface area contributed by atoms with E-state index in [1.807, 2.05) is 37.3 Å². The topological polar surface area (TPSA) is 111 Å². The number of aryl methyl sites for hydroxylation is 1. The maximum atomic E-state index is 12.4. The number of ether oxygens (including phenoxy) is 1. The van der Waals surface area contributed by atoms with Gasteiger partial charge in [-0.15, -0.1) is 21.5 Å². The summed E-state index contributed by atoms with van der Waals surface area (Å²) in [5.41, 5.74) is 1.09. The first kappa shape index (κ1) is 22.5. The Morgan fingerprint density at radius 3 is 2.87 bits per heavy atom. The number of nitrogens with zero attached hydrogens (tertiary/aromatic N) is 2. The van der Waals surface area contributed by atoms with Gasteiger partial charge in [-0.25, -0.2) is 13.1 Å². The highest BCUT2D eigenvalue weighted by Gasteiger charge is 2.14. The Hall–Kier alpha value is -2.21. The van der Waals surface area contributed by atoms with Crippen molar-refractivity contribution in [3.8, 4) is 5.75 Å². The number of hydrogen-bond donors (Lipinski definition) is 1. The lowest BCUT2D eigenvalue weighted by Gasteiger charge is -2.03. The van der Waals surface area contributed by atoms with Crippen molar-refractivity contribution in [2.45, 2.75) is 25.2 Å². The van der Waals surface area contributed by atoms with Crippen LogP contribution >= 0.6 is 23.1 Å². The summed E-state index contributed by atoms with van der Waals surface area (Å²) < 4.78 is 35.8. The van der Waals surface area contributed by atoms with Gasteiger partial charge in [0, 0.05) is 11.4 Å². The first-order valence-electron chi connectivity index (χ1n) is 9.00. The smallest absolute Gasteiger partial charge is 0.277 e. The highest BCUT2D eigenvalue weighted by atomic mass is 32.2. The first-order valence-corrected chi connectivity index (χ1v) is 12.7. The molecule has 0 aliphatic heterocycles. The van der Waals surface area contributed by atoms with Crippen LogP contribution in [0, 0.1) is 6.92 Å². The average Bonchev–Trinajstić information content (AvgIpc) is 3.33. The number of ketones is 1. The third-order valence-corrected chi connectivity index (χ3v) is 6.53. The third-order valence-electron chi connectivity index (χ3n) is 3.80. The van der Waals surface area contributed by atoms with Crippen molar-refractivity contribution >= 4 is 38.9 Å². The lowest BCUT2D eigenvalue weighted by atomic mass is 10.2. The van der Waals surface area contributed by atoms with Crippen molar-refractivity contribution in [3.05, 3.63) is 57.6 Å². The predicted octanol–water partition coefficient (Wildman–Crippen LogP) is 3.09. The zero-order valence-corrected chi connectivity index (χ0v) is 18.9. The molecule has 1 N–H and O–H groups in total. The number of thiophene rings is 1. The molecule has 0 amide bonds. The number of aromatic nitrogens is 2. The van der Waals surface area contributed by atoms with Crippen LogP contribution in [0.5, 0.6) is 5.75 Å². The van der Waals surface area contributed by atoms with Gasteiger partial charge in [-0.3, -0.25) is 4.79 Å². The van der Waals surface area contributed by atoms with Gasteiger partial charge in [0.1, 0.15) is 5.75 Å². The quantitative estimate of drug-likeness (QED) is 0.338. The molecule has 0 unspecified atom stereocenters. The Bertz CT molecular complexity index is 1110. The molecule has 0 bridgehead atoms. The molecule has 3 aromatic rings. The van der Waals surface area contributed by atoms with Crippen LogP contribution in [0.2, 0.25) is 0 Å². The summed E-state index contributed by atoms with van der Waals surface area (Å²) in [5, 5.41) is 8.17. The maximum Gasteiger partial charge on any atom is 0.277 e. The van der Waals surface area contributed by atoms with Crippen LogP contribution in [0.1, 0.15) is 26.0 Å². The van der Waals surface area contributed by atoms with Crippen molar-refractivity contribution in [2.24, 2.45) is 0 Å². The minimum atomic E-state index is -3.21. The zero-order chi connectivity index (χ0) is 21.6. The van der Waals surface area contributed by atoms with Gasteiger partial charge >= 0.3 is 0 Å². The Morgan fingerprint density at radius 1 is 1.27 bits per heavy atom. The fourth-order valence-electron chi connectivity index (χ4n) is 2.43. The van der Waals surface area contributed by atoms with Gasteiger partial charge in [0.05, 0.1) is 16.9 Å². The van der Waals surface area contributed by atoms with Gasteiger partial charge < -0.3 is 9.15 Å². The molecule has 160 valence electrons. The van der Waals surface area contributed by atoms with Crippen LogP contribution in [-0.2, 0) is 23.1 Å². The molecule has 3 rings (SSSR count). The van der Waals surface area contributed by atoms with E-state index < -0.39 is 10.0 Å². The molecule has 0 atom stereocenters. The van der Waals surface area contributed by atoms with Crippen LogP contribution < -0.4 is 9.46 Å². The summed E-state index contributed by atoms with van der Waals surface area (Å²) in [5.74, 6) is 1.17. The largest absolute Gasteiger partial charge is 0.484 e. The summed E-state index contributed by atoms with van der Waals surface area (Å²) in [7, 11) is -3.21. The van der Waals surface area contributed by atoms with Crippen LogP contribution in [0.15, 0.2) is 46.0 Å². The van der Waals surface area contributed by atoms with Gasteiger partial charge in [0.2, 0.25) is 10.0 Å². The van der Waals surface area contributed by atoms with Crippen LogP contribution in [0.3, 0.4) is 0 Å². The van der Waals surface area contributed by atoms with E-state index in [0.717, 1.165) is 22.4 Å². The summed E-state index contributed by atoms with van der Waals surface area (Å²) in [6.45, 7) is 2.44. The molecule has 0 saturated carbocycles. The predicted molar refractivity (Wildman–Crippen MR) is 116 cm³/mol. The number of sulfonamides is 1. The van der Waals surface area contributed by atoms with E-state index in [4.69, 9.17) is 9.15 Å². The molecule has 0 aliphatic carbocycles. The van der Waals surface area contributed by atoms with Crippen molar-refractivity contribution in [1.29, 1.82) is 0 Å². The second-order valence-electron chi connectivity index (χ2n) is 6.46. The Labute approximate surface area is 183 Å². The molecule has 2 heterocycles. The molecule has 11 heteroatoms. The Balaban J connectivity index is 1.45. The summed E-state index contributed by atoms with van der Waals surface area (Å²) in [6, 6.07) is 11.2. The van der Waals surface area contributed by atoms with Gasteiger partial charge in [-0.05, 0) is 43.2 Å². The normalized spacial score (nSPS) is 11.5. The SMILES string of the molecule is Cc1cccc(OCc2nnc(SCC(=O)c3ccc(CCNS(C)(=O)=O)s3)o2)c1. The Morgan fingerprint density at radius 2 is 2.10 bits per heavy atom. The summed E-state index contributed by atoms with van der Waals surface area (Å²) >= 11 is 2.52. The molecular weight excluding hydrogens is 446 g/mol. The fraction of sp³-hybridized carbons (Fsp3) is 0.316. The van der Waals surface area contributed by atoms with Crippen molar-refractivity contribution in [3.63, 3.8) is 0 Å². The molecule has 0 radical (unpaired) electrons. The van der Waals surface area contributed by atoms with Crippen molar-refractivity contribution < 1.29 is 22.4 Å². The van der Waals surface area contributed by atoms with Crippen LogP contribution in [0.25, 0.3) is 0 Å². The number of Topliss-reactive ketones (excluding diaryl/α,β-unsaturated/α-hetero) is 1. The van der Waals surface area contributed by atoms with E-state index >= 15 is 0 Å². The molecule has 8 nitrogen and oxygen atoms in total. The highest BCUT2D eigenvalue weighted by molar-refractivity contribution is 7.99. The van der Waals surface area contributed by atoms with Crippen LogP contribution in [-0.4, -0.2) is 43.0 Å².